The van der Waals surface area contributed by atoms with Gasteiger partial charge in [0, 0.05) is 5.56 Å². The highest BCUT2D eigenvalue weighted by atomic mass is 16.5. The molecule has 2 rings (SSSR count). The number of anilines is 1. The molecule has 0 bridgehead atoms. The molecule has 0 unspecified atom stereocenters. The Morgan fingerprint density at radius 3 is 2.33 bits per heavy atom. The average Bonchev–Trinajstić information content (AvgIpc) is 2.82. The number of esters is 2. The van der Waals surface area contributed by atoms with Crippen LogP contribution in [0.2, 0.25) is 0 Å². The van der Waals surface area contributed by atoms with Crippen LogP contribution in [0.5, 0.6) is 5.75 Å². The first-order valence-electron chi connectivity index (χ1n) is 10.7. The van der Waals surface area contributed by atoms with Crippen LogP contribution in [0.3, 0.4) is 0 Å². The zero-order chi connectivity index (χ0) is 24.1. The Morgan fingerprint density at radius 1 is 0.909 bits per heavy atom. The molecule has 0 aliphatic rings. The van der Waals surface area contributed by atoms with E-state index in [9.17, 15) is 19.2 Å². The molecule has 0 saturated heterocycles. The lowest BCUT2D eigenvalue weighted by atomic mass is 10.2. The second-order valence-corrected chi connectivity index (χ2v) is 6.88. The van der Waals surface area contributed by atoms with Crippen molar-refractivity contribution in [2.24, 2.45) is 0 Å². The van der Waals surface area contributed by atoms with Crippen molar-refractivity contribution in [3.05, 3.63) is 59.7 Å². The minimum atomic E-state index is -0.781. The molecule has 2 amide bonds. The Morgan fingerprint density at radius 2 is 1.64 bits per heavy atom. The smallest absolute Gasteiger partial charge is 0.340 e. The SMILES string of the molecule is CCCCOc1ccc(C(=O)NCC(=O)OCC(=O)Nc2ccccc2C(=O)OCC)cc1. The maximum absolute atomic E-state index is 12.2. The molecule has 0 atom stereocenters. The van der Waals surface area contributed by atoms with Crippen molar-refractivity contribution in [3.8, 4) is 5.75 Å². The number of amides is 2. The molecule has 0 aliphatic carbocycles. The van der Waals surface area contributed by atoms with Gasteiger partial charge >= 0.3 is 11.9 Å². The third-order valence-corrected chi connectivity index (χ3v) is 4.34. The van der Waals surface area contributed by atoms with Gasteiger partial charge in [0.25, 0.3) is 11.8 Å². The van der Waals surface area contributed by atoms with E-state index in [1.54, 1.807) is 43.3 Å². The van der Waals surface area contributed by atoms with Gasteiger partial charge in [-0.1, -0.05) is 25.5 Å². The standard InChI is InChI=1S/C24H28N2O7/c1-3-5-14-32-18-12-10-17(11-13-18)23(29)25-15-22(28)33-16-21(27)26-20-9-7-6-8-19(20)24(30)31-4-2/h6-13H,3-5,14-16H2,1-2H3,(H,25,29)(H,26,27). The predicted molar refractivity (Wildman–Crippen MR) is 121 cm³/mol. The summed E-state index contributed by atoms with van der Waals surface area (Å²) in [4.78, 5) is 48.1. The van der Waals surface area contributed by atoms with E-state index in [0.717, 1.165) is 12.8 Å². The number of rotatable bonds is 12. The summed E-state index contributed by atoms with van der Waals surface area (Å²) in [5.41, 5.74) is 0.791. The Hall–Kier alpha value is -3.88. The number of hydrogen-bond donors (Lipinski definition) is 2. The van der Waals surface area contributed by atoms with E-state index in [-0.39, 0.29) is 17.9 Å². The summed E-state index contributed by atoms with van der Waals surface area (Å²) in [7, 11) is 0. The monoisotopic (exact) mass is 456 g/mol. The number of nitrogens with one attached hydrogen (secondary N) is 2. The van der Waals surface area contributed by atoms with Crippen LogP contribution < -0.4 is 15.4 Å². The van der Waals surface area contributed by atoms with Gasteiger partial charge in [-0.2, -0.15) is 0 Å². The number of unbranched alkanes of at least 4 members (excludes halogenated alkanes) is 1. The minimum absolute atomic E-state index is 0.188. The van der Waals surface area contributed by atoms with E-state index in [1.807, 2.05) is 0 Å². The topological polar surface area (TPSA) is 120 Å². The summed E-state index contributed by atoms with van der Waals surface area (Å²) < 4.78 is 15.4. The molecule has 33 heavy (non-hydrogen) atoms. The summed E-state index contributed by atoms with van der Waals surface area (Å²) in [5.74, 6) is -1.79. The molecular weight excluding hydrogens is 428 g/mol. The van der Waals surface area contributed by atoms with E-state index in [4.69, 9.17) is 14.2 Å². The number of carbonyl (C=O) groups is 4. The van der Waals surface area contributed by atoms with E-state index in [1.165, 1.54) is 12.1 Å². The van der Waals surface area contributed by atoms with Crippen molar-refractivity contribution >= 4 is 29.4 Å². The Labute approximate surface area is 192 Å². The van der Waals surface area contributed by atoms with Crippen LogP contribution in [0.15, 0.2) is 48.5 Å². The molecular formula is C24H28N2O7. The molecule has 0 aromatic heterocycles. The Balaban J connectivity index is 1.76. The fraction of sp³-hybridized carbons (Fsp3) is 0.333. The minimum Gasteiger partial charge on any atom is -0.494 e. The summed E-state index contributed by atoms with van der Waals surface area (Å²) in [5, 5.41) is 4.94. The maximum Gasteiger partial charge on any atom is 0.340 e. The van der Waals surface area contributed by atoms with Gasteiger partial charge in [-0.05, 0) is 49.7 Å². The van der Waals surface area contributed by atoms with E-state index >= 15 is 0 Å². The summed E-state index contributed by atoms with van der Waals surface area (Å²) in [6.07, 6.45) is 1.97. The van der Waals surface area contributed by atoms with Gasteiger partial charge < -0.3 is 24.8 Å². The van der Waals surface area contributed by atoms with Gasteiger partial charge in [-0.15, -0.1) is 0 Å². The fourth-order valence-electron chi connectivity index (χ4n) is 2.65. The predicted octanol–water partition coefficient (Wildman–Crippen LogP) is 2.95. The average molecular weight is 456 g/mol. The highest BCUT2D eigenvalue weighted by Crippen LogP contribution is 2.16. The molecule has 0 heterocycles. The first-order chi connectivity index (χ1) is 15.9. The molecule has 0 saturated carbocycles. The van der Waals surface area contributed by atoms with E-state index in [2.05, 4.69) is 17.6 Å². The maximum atomic E-state index is 12.2. The first kappa shape index (κ1) is 25.4. The number of para-hydroxylation sites is 1. The van der Waals surface area contributed by atoms with Crippen LogP contribution in [-0.2, 0) is 19.1 Å². The van der Waals surface area contributed by atoms with Gasteiger partial charge in [0.15, 0.2) is 6.61 Å². The summed E-state index contributed by atoms with van der Waals surface area (Å²) in [6, 6.07) is 12.9. The lowest BCUT2D eigenvalue weighted by molar-refractivity contribution is -0.146. The van der Waals surface area contributed by atoms with Crippen LogP contribution in [0.4, 0.5) is 5.69 Å². The Kier molecular flexibility index (Phi) is 10.4. The van der Waals surface area contributed by atoms with Gasteiger partial charge in [0.1, 0.15) is 12.3 Å². The second kappa shape index (κ2) is 13.5. The number of carbonyl (C=O) groups excluding carboxylic acids is 4. The molecule has 9 nitrogen and oxygen atoms in total. The van der Waals surface area contributed by atoms with Gasteiger partial charge in [-0.3, -0.25) is 14.4 Å². The van der Waals surface area contributed by atoms with Crippen LogP contribution in [0.1, 0.15) is 47.4 Å². The van der Waals surface area contributed by atoms with Crippen LogP contribution in [0, 0.1) is 0 Å². The van der Waals surface area contributed by atoms with Gasteiger partial charge in [-0.25, -0.2) is 4.79 Å². The number of ether oxygens (including phenoxy) is 3. The van der Waals surface area contributed by atoms with Crippen molar-refractivity contribution < 1.29 is 33.4 Å². The normalized spacial score (nSPS) is 10.1. The second-order valence-electron chi connectivity index (χ2n) is 6.88. The first-order valence-corrected chi connectivity index (χ1v) is 10.7. The van der Waals surface area contributed by atoms with Crippen molar-refractivity contribution in [3.63, 3.8) is 0 Å². The van der Waals surface area contributed by atoms with Crippen molar-refractivity contribution in [2.45, 2.75) is 26.7 Å². The molecule has 176 valence electrons. The van der Waals surface area contributed by atoms with E-state index < -0.39 is 36.9 Å². The summed E-state index contributed by atoms with van der Waals surface area (Å²) >= 11 is 0. The third kappa shape index (κ3) is 8.64. The molecule has 0 spiro atoms. The van der Waals surface area contributed by atoms with Gasteiger partial charge in [0.05, 0.1) is 24.5 Å². The zero-order valence-corrected chi connectivity index (χ0v) is 18.7. The summed E-state index contributed by atoms with van der Waals surface area (Å²) in [6.45, 7) is 3.57. The molecule has 0 aliphatic heterocycles. The van der Waals surface area contributed by atoms with Crippen LogP contribution >= 0.6 is 0 Å². The van der Waals surface area contributed by atoms with Crippen molar-refractivity contribution in [2.75, 3.05) is 31.7 Å². The third-order valence-electron chi connectivity index (χ3n) is 4.34. The quantitative estimate of drug-likeness (QED) is 0.372. The van der Waals surface area contributed by atoms with E-state index in [0.29, 0.717) is 17.9 Å². The zero-order valence-electron chi connectivity index (χ0n) is 18.7. The molecule has 2 aromatic rings. The molecule has 0 fully saturated rings. The molecule has 2 aromatic carbocycles. The highest BCUT2D eigenvalue weighted by Gasteiger charge is 2.15. The number of benzene rings is 2. The number of hydrogen-bond acceptors (Lipinski definition) is 7. The molecule has 2 N–H and O–H groups in total. The van der Waals surface area contributed by atoms with Crippen molar-refractivity contribution in [1.82, 2.24) is 5.32 Å². The highest BCUT2D eigenvalue weighted by molar-refractivity contribution is 6.02. The van der Waals surface area contributed by atoms with Crippen LogP contribution in [-0.4, -0.2) is 50.1 Å². The molecule has 9 heteroatoms. The van der Waals surface area contributed by atoms with Crippen molar-refractivity contribution in [1.29, 1.82) is 0 Å². The Bertz CT molecular complexity index is 958. The van der Waals surface area contributed by atoms with Gasteiger partial charge in [0.2, 0.25) is 0 Å². The lowest BCUT2D eigenvalue weighted by Gasteiger charge is -2.11. The lowest BCUT2D eigenvalue weighted by Crippen LogP contribution is -2.32. The largest absolute Gasteiger partial charge is 0.494 e. The van der Waals surface area contributed by atoms with Crippen LogP contribution in [0.25, 0.3) is 0 Å². The fourth-order valence-corrected chi connectivity index (χ4v) is 2.65. The molecule has 0 radical (unpaired) electrons.